The van der Waals surface area contributed by atoms with Crippen molar-refractivity contribution in [1.29, 1.82) is 0 Å². The first-order valence-corrected chi connectivity index (χ1v) is 7.73. The topological polar surface area (TPSA) is 43.8 Å². The summed E-state index contributed by atoms with van der Waals surface area (Å²) in [5.41, 5.74) is 8.60. The summed E-state index contributed by atoms with van der Waals surface area (Å²) in [6.45, 7) is 6.73. The third-order valence-electron chi connectivity index (χ3n) is 4.82. The van der Waals surface area contributed by atoms with E-state index < -0.39 is 0 Å². The molecule has 1 aliphatic carbocycles. The van der Waals surface area contributed by atoms with Gasteiger partial charge >= 0.3 is 0 Å². The lowest BCUT2D eigenvalue weighted by Gasteiger charge is -2.40. The normalized spacial score (nSPS) is 31.7. The van der Waals surface area contributed by atoms with Gasteiger partial charge in [0.05, 0.1) is 16.4 Å². The number of nitrogens with zero attached hydrogens (tertiary/aromatic N) is 2. The smallest absolute Gasteiger partial charge is 0.0850 e. The highest BCUT2D eigenvalue weighted by atomic mass is 35.5. The highest BCUT2D eigenvalue weighted by Gasteiger charge is 2.36. The van der Waals surface area contributed by atoms with E-state index in [0.29, 0.717) is 5.92 Å². The van der Waals surface area contributed by atoms with Crippen LogP contribution in [0.1, 0.15) is 51.4 Å². The van der Waals surface area contributed by atoms with E-state index in [1.165, 1.54) is 6.42 Å². The van der Waals surface area contributed by atoms with Crippen LogP contribution in [0.3, 0.4) is 0 Å². The Kier molecular flexibility index (Phi) is 4.26. The Bertz CT molecular complexity index is 454. The maximum Gasteiger partial charge on any atom is 0.0850 e. The molecule has 0 aromatic carbocycles. The second kappa shape index (κ2) is 5.45. The number of aromatic nitrogens is 2. The first-order chi connectivity index (χ1) is 8.86. The average Bonchev–Trinajstić information content (AvgIpc) is 2.62. The zero-order valence-electron chi connectivity index (χ0n) is 12.5. The Hall–Kier alpha value is -0.540. The van der Waals surface area contributed by atoms with Crippen molar-refractivity contribution in [1.82, 2.24) is 9.78 Å². The molecule has 0 saturated heterocycles. The quantitative estimate of drug-likeness (QED) is 0.925. The molecule has 1 aliphatic rings. The molecule has 108 valence electrons. The SMILES string of the molecule is CCc1nn(C)c(CC2(N)CCC(C)C(C)C2)c1Cl. The lowest BCUT2D eigenvalue weighted by molar-refractivity contribution is 0.174. The van der Waals surface area contributed by atoms with E-state index in [2.05, 4.69) is 25.9 Å². The summed E-state index contributed by atoms with van der Waals surface area (Å²) in [5.74, 6) is 1.47. The van der Waals surface area contributed by atoms with Crippen LogP contribution in [0, 0.1) is 11.8 Å². The van der Waals surface area contributed by atoms with Crippen molar-refractivity contribution in [3.05, 3.63) is 16.4 Å². The summed E-state index contributed by atoms with van der Waals surface area (Å²) in [6, 6.07) is 0. The summed E-state index contributed by atoms with van der Waals surface area (Å²) >= 11 is 6.44. The molecule has 1 fully saturated rings. The molecule has 19 heavy (non-hydrogen) atoms. The number of hydrogen-bond donors (Lipinski definition) is 1. The van der Waals surface area contributed by atoms with Gasteiger partial charge < -0.3 is 5.73 Å². The lowest BCUT2D eigenvalue weighted by Crippen LogP contribution is -2.48. The van der Waals surface area contributed by atoms with Crippen molar-refractivity contribution in [2.24, 2.45) is 24.6 Å². The van der Waals surface area contributed by atoms with Gasteiger partial charge in [-0.3, -0.25) is 4.68 Å². The summed E-state index contributed by atoms with van der Waals surface area (Å²) in [7, 11) is 1.97. The fourth-order valence-electron chi connectivity index (χ4n) is 3.25. The monoisotopic (exact) mass is 283 g/mol. The van der Waals surface area contributed by atoms with Crippen molar-refractivity contribution >= 4 is 11.6 Å². The van der Waals surface area contributed by atoms with Gasteiger partial charge in [0.15, 0.2) is 0 Å². The molecule has 0 amide bonds. The van der Waals surface area contributed by atoms with Gasteiger partial charge in [-0.1, -0.05) is 32.4 Å². The molecule has 0 radical (unpaired) electrons. The van der Waals surface area contributed by atoms with Crippen LogP contribution in [0.15, 0.2) is 0 Å². The Morgan fingerprint density at radius 1 is 1.42 bits per heavy atom. The van der Waals surface area contributed by atoms with Gasteiger partial charge in [0.1, 0.15) is 0 Å². The fourth-order valence-corrected chi connectivity index (χ4v) is 3.61. The third-order valence-corrected chi connectivity index (χ3v) is 5.26. The molecule has 1 saturated carbocycles. The molecule has 2 N–H and O–H groups in total. The maximum atomic E-state index is 6.63. The van der Waals surface area contributed by atoms with Crippen LogP contribution in [0.5, 0.6) is 0 Å². The molecule has 1 aromatic rings. The van der Waals surface area contributed by atoms with Crippen molar-refractivity contribution < 1.29 is 0 Å². The summed E-state index contributed by atoms with van der Waals surface area (Å²) in [5, 5.41) is 5.31. The van der Waals surface area contributed by atoms with Crippen molar-refractivity contribution in [3.63, 3.8) is 0 Å². The summed E-state index contributed by atoms with van der Waals surface area (Å²) < 4.78 is 1.92. The van der Waals surface area contributed by atoms with Crippen molar-refractivity contribution in [2.75, 3.05) is 0 Å². The van der Waals surface area contributed by atoms with Gasteiger partial charge in [0, 0.05) is 19.0 Å². The van der Waals surface area contributed by atoms with Gasteiger partial charge in [0.2, 0.25) is 0 Å². The van der Waals surface area contributed by atoms with Gasteiger partial charge in [-0.25, -0.2) is 0 Å². The first-order valence-electron chi connectivity index (χ1n) is 7.35. The zero-order chi connectivity index (χ0) is 14.2. The van der Waals surface area contributed by atoms with E-state index in [4.69, 9.17) is 17.3 Å². The number of hydrogen-bond acceptors (Lipinski definition) is 2. The van der Waals surface area contributed by atoms with Gasteiger partial charge in [-0.2, -0.15) is 5.10 Å². The average molecular weight is 284 g/mol. The third kappa shape index (κ3) is 2.97. The van der Waals surface area contributed by atoms with E-state index in [-0.39, 0.29) is 5.54 Å². The van der Waals surface area contributed by atoms with Crippen LogP contribution >= 0.6 is 11.6 Å². The number of aryl methyl sites for hydroxylation is 2. The van der Waals surface area contributed by atoms with Crippen molar-refractivity contribution in [3.8, 4) is 0 Å². The molecule has 3 unspecified atom stereocenters. The van der Waals surface area contributed by atoms with Crippen LogP contribution in [0.4, 0.5) is 0 Å². The second-order valence-electron chi connectivity index (χ2n) is 6.42. The van der Waals surface area contributed by atoms with E-state index in [1.807, 2.05) is 11.7 Å². The van der Waals surface area contributed by atoms with Crippen LogP contribution in [0.2, 0.25) is 5.02 Å². The predicted molar refractivity (Wildman–Crippen MR) is 80.4 cm³/mol. The van der Waals surface area contributed by atoms with Crippen LogP contribution < -0.4 is 5.73 Å². The van der Waals surface area contributed by atoms with Crippen LogP contribution in [-0.4, -0.2) is 15.3 Å². The molecule has 2 rings (SSSR count). The standard InChI is InChI=1S/C15H26ClN3/c1-5-12-14(16)13(19(4)18-12)9-15(17)7-6-10(2)11(3)8-15/h10-11H,5-9,17H2,1-4H3. The Morgan fingerprint density at radius 2 is 2.11 bits per heavy atom. The van der Waals surface area contributed by atoms with Crippen molar-refractivity contribution in [2.45, 2.75) is 58.4 Å². The van der Waals surface area contributed by atoms with E-state index in [0.717, 1.165) is 48.0 Å². The van der Waals surface area contributed by atoms with Crippen LogP contribution in [0.25, 0.3) is 0 Å². The van der Waals surface area contributed by atoms with Gasteiger partial charge in [0.25, 0.3) is 0 Å². The van der Waals surface area contributed by atoms with E-state index >= 15 is 0 Å². The van der Waals surface area contributed by atoms with E-state index in [9.17, 15) is 0 Å². The van der Waals surface area contributed by atoms with Gasteiger partial charge in [-0.05, 0) is 37.5 Å². The molecule has 4 heteroatoms. The minimum atomic E-state index is -0.117. The van der Waals surface area contributed by atoms with E-state index in [1.54, 1.807) is 0 Å². The molecule has 1 heterocycles. The molecule has 1 aromatic heterocycles. The first kappa shape index (κ1) is 14.9. The predicted octanol–water partition coefficient (Wildman–Crippen LogP) is 3.33. The van der Waals surface area contributed by atoms with Crippen LogP contribution in [-0.2, 0) is 19.9 Å². The maximum absolute atomic E-state index is 6.63. The molecule has 3 atom stereocenters. The Labute approximate surface area is 121 Å². The number of halogens is 1. The fraction of sp³-hybridized carbons (Fsp3) is 0.800. The highest BCUT2D eigenvalue weighted by Crippen LogP contribution is 2.37. The Morgan fingerprint density at radius 3 is 2.63 bits per heavy atom. The molecular weight excluding hydrogens is 258 g/mol. The molecule has 3 nitrogen and oxygen atoms in total. The second-order valence-corrected chi connectivity index (χ2v) is 6.80. The minimum absolute atomic E-state index is 0.117. The lowest BCUT2D eigenvalue weighted by atomic mass is 9.70. The molecule has 0 aliphatic heterocycles. The molecule has 0 spiro atoms. The molecule has 0 bridgehead atoms. The summed E-state index contributed by atoms with van der Waals surface area (Å²) in [4.78, 5) is 0. The number of nitrogens with two attached hydrogens (primary N) is 1. The van der Waals surface area contributed by atoms with Gasteiger partial charge in [-0.15, -0.1) is 0 Å². The zero-order valence-corrected chi connectivity index (χ0v) is 13.3. The Balaban J connectivity index is 2.19. The minimum Gasteiger partial charge on any atom is -0.325 e. The largest absolute Gasteiger partial charge is 0.325 e. The summed E-state index contributed by atoms with van der Waals surface area (Å²) in [6.07, 6.45) is 5.09. The number of rotatable bonds is 3. The highest BCUT2D eigenvalue weighted by molar-refractivity contribution is 6.31. The molecular formula is C15H26ClN3.